The monoisotopic (exact) mass is 374 g/mol. The number of phenols is 1. The van der Waals surface area contributed by atoms with Crippen molar-refractivity contribution in [1.29, 1.82) is 0 Å². The zero-order valence-corrected chi connectivity index (χ0v) is 14.1. The van der Waals surface area contributed by atoms with Gasteiger partial charge in [-0.3, -0.25) is 9.52 Å². The standard InChI is InChI=1S/C14H12Cl2N2O4S/c1-8(19)17-9-2-4-11(5-3-9)22-23(21)18-10-6-12(15)14(20)13(16)7-10/h2-7,18,20H,1H3,(H,17,19). The van der Waals surface area contributed by atoms with E-state index in [0.29, 0.717) is 17.1 Å². The summed E-state index contributed by atoms with van der Waals surface area (Å²) in [7, 11) is 0. The van der Waals surface area contributed by atoms with Crippen LogP contribution >= 0.6 is 23.2 Å². The van der Waals surface area contributed by atoms with E-state index in [0.717, 1.165) is 0 Å². The lowest BCUT2D eigenvalue weighted by molar-refractivity contribution is -0.114. The van der Waals surface area contributed by atoms with Gasteiger partial charge in [-0.15, -0.1) is 0 Å². The van der Waals surface area contributed by atoms with Gasteiger partial charge in [-0.2, -0.15) is 4.21 Å². The first-order chi connectivity index (χ1) is 10.8. The molecular weight excluding hydrogens is 363 g/mol. The summed E-state index contributed by atoms with van der Waals surface area (Å²) in [6.45, 7) is 1.40. The van der Waals surface area contributed by atoms with E-state index in [4.69, 9.17) is 27.4 Å². The van der Waals surface area contributed by atoms with E-state index < -0.39 is 11.3 Å². The van der Waals surface area contributed by atoms with Crippen molar-refractivity contribution >= 4 is 51.8 Å². The third kappa shape index (κ3) is 5.02. The molecule has 2 aromatic rings. The van der Waals surface area contributed by atoms with Crippen LogP contribution in [0.1, 0.15) is 6.92 Å². The normalized spacial score (nSPS) is 11.6. The van der Waals surface area contributed by atoms with Crippen LogP contribution in [0.2, 0.25) is 10.0 Å². The summed E-state index contributed by atoms with van der Waals surface area (Å²) in [5.74, 6) is -0.106. The molecule has 0 aliphatic carbocycles. The average molecular weight is 375 g/mol. The van der Waals surface area contributed by atoms with Crippen LogP contribution in [0.3, 0.4) is 0 Å². The fourth-order valence-electron chi connectivity index (χ4n) is 1.63. The van der Waals surface area contributed by atoms with Crippen LogP contribution in [-0.4, -0.2) is 15.2 Å². The summed E-state index contributed by atoms with van der Waals surface area (Å²) in [4.78, 5) is 10.9. The van der Waals surface area contributed by atoms with Gasteiger partial charge < -0.3 is 14.6 Å². The molecule has 2 rings (SSSR count). The Morgan fingerprint density at radius 3 is 2.22 bits per heavy atom. The van der Waals surface area contributed by atoms with E-state index in [2.05, 4.69) is 10.0 Å². The summed E-state index contributed by atoms with van der Waals surface area (Å²) >= 11 is 9.65. The number of carbonyl (C=O) groups excluding carboxylic acids is 1. The predicted molar refractivity (Wildman–Crippen MR) is 91.3 cm³/mol. The Balaban J connectivity index is 2.01. The highest BCUT2D eigenvalue weighted by Gasteiger charge is 2.09. The first kappa shape index (κ1) is 17.4. The summed E-state index contributed by atoms with van der Waals surface area (Å²) in [5.41, 5.74) is 0.923. The number of hydrogen-bond acceptors (Lipinski definition) is 4. The summed E-state index contributed by atoms with van der Waals surface area (Å²) in [6.07, 6.45) is 0. The van der Waals surface area contributed by atoms with Crippen LogP contribution in [0, 0.1) is 0 Å². The second-order valence-corrected chi connectivity index (χ2v) is 6.07. The van der Waals surface area contributed by atoms with E-state index in [1.165, 1.54) is 19.1 Å². The minimum Gasteiger partial charge on any atom is -0.505 e. The molecule has 1 unspecified atom stereocenters. The highest BCUT2D eigenvalue weighted by atomic mass is 35.5. The Hall–Kier alpha value is -1.96. The number of nitrogens with one attached hydrogen (secondary N) is 2. The fraction of sp³-hybridized carbons (Fsp3) is 0.0714. The molecule has 0 bridgehead atoms. The van der Waals surface area contributed by atoms with E-state index in [1.807, 2.05) is 0 Å². The van der Waals surface area contributed by atoms with Crippen molar-refractivity contribution in [1.82, 2.24) is 0 Å². The topological polar surface area (TPSA) is 87.7 Å². The van der Waals surface area contributed by atoms with Gasteiger partial charge in [-0.25, -0.2) is 0 Å². The van der Waals surface area contributed by atoms with Crippen molar-refractivity contribution in [3.8, 4) is 11.5 Å². The number of aromatic hydroxyl groups is 1. The molecule has 2 aromatic carbocycles. The largest absolute Gasteiger partial charge is 0.505 e. The molecule has 0 spiro atoms. The number of amides is 1. The van der Waals surface area contributed by atoms with E-state index >= 15 is 0 Å². The fourth-order valence-corrected chi connectivity index (χ4v) is 2.75. The molecule has 6 nitrogen and oxygen atoms in total. The van der Waals surface area contributed by atoms with Gasteiger partial charge in [-0.1, -0.05) is 23.2 Å². The Morgan fingerprint density at radius 2 is 1.70 bits per heavy atom. The van der Waals surface area contributed by atoms with Gasteiger partial charge in [0.2, 0.25) is 5.91 Å². The zero-order valence-electron chi connectivity index (χ0n) is 11.8. The number of halogens is 2. The maximum atomic E-state index is 11.9. The third-order valence-electron chi connectivity index (χ3n) is 2.56. The van der Waals surface area contributed by atoms with Crippen LogP contribution in [0.4, 0.5) is 11.4 Å². The van der Waals surface area contributed by atoms with Gasteiger partial charge >= 0.3 is 11.3 Å². The molecule has 23 heavy (non-hydrogen) atoms. The van der Waals surface area contributed by atoms with Crippen LogP contribution in [0.25, 0.3) is 0 Å². The molecular formula is C14H12Cl2N2O4S. The minimum atomic E-state index is -1.90. The molecule has 0 saturated carbocycles. The van der Waals surface area contributed by atoms with Gasteiger partial charge in [-0.05, 0) is 36.4 Å². The summed E-state index contributed by atoms with van der Waals surface area (Å²) < 4.78 is 19.6. The Kier molecular flexibility index (Phi) is 5.70. The highest BCUT2D eigenvalue weighted by Crippen LogP contribution is 2.34. The van der Waals surface area contributed by atoms with Crippen LogP contribution < -0.4 is 14.2 Å². The van der Waals surface area contributed by atoms with Crippen molar-refractivity contribution in [2.24, 2.45) is 0 Å². The average Bonchev–Trinajstić information content (AvgIpc) is 2.46. The zero-order chi connectivity index (χ0) is 17.0. The molecule has 1 amide bonds. The number of hydrogen-bond donors (Lipinski definition) is 3. The molecule has 1 atom stereocenters. The lowest BCUT2D eigenvalue weighted by Gasteiger charge is -2.09. The summed E-state index contributed by atoms with van der Waals surface area (Å²) in [6, 6.07) is 9.07. The molecule has 0 aromatic heterocycles. The molecule has 0 aliphatic heterocycles. The Labute approximate surface area is 145 Å². The molecule has 0 saturated heterocycles. The smallest absolute Gasteiger partial charge is 0.316 e. The maximum Gasteiger partial charge on any atom is 0.316 e. The van der Waals surface area contributed by atoms with Crippen molar-refractivity contribution in [3.63, 3.8) is 0 Å². The molecule has 122 valence electrons. The van der Waals surface area contributed by atoms with Gasteiger partial charge in [0, 0.05) is 12.6 Å². The van der Waals surface area contributed by atoms with Crippen molar-refractivity contribution in [2.45, 2.75) is 6.92 Å². The number of anilines is 2. The number of rotatable bonds is 5. The number of benzene rings is 2. The van der Waals surface area contributed by atoms with Gasteiger partial charge in [0.25, 0.3) is 0 Å². The second kappa shape index (κ2) is 7.54. The van der Waals surface area contributed by atoms with Crippen molar-refractivity contribution < 1.29 is 18.3 Å². The number of phenolic OH excluding ortho intramolecular Hbond substituents is 1. The highest BCUT2D eigenvalue weighted by molar-refractivity contribution is 7.81. The first-order valence-corrected chi connectivity index (χ1v) is 8.10. The first-order valence-electron chi connectivity index (χ1n) is 6.27. The molecule has 0 radical (unpaired) electrons. The molecule has 0 aliphatic rings. The maximum absolute atomic E-state index is 11.9. The van der Waals surface area contributed by atoms with Crippen LogP contribution in [0.15, 0.2) is 36.4 Å². The quantitative estimate of drug-likeness (QED) is 0.695. The number of carbonyl (C=O) groups is 1. The van der Waals surface area contributed by atoms with E-state index in [-0.39, 0.29) is 21.7 Å². The SMILES string of the molecule is CC(=O)Nc1ccc(OS(=O)Nc2cc(Cl)c(O)c(Cl)c2)cc1. The van der Waals surface area contributed by atoms with E-state index in [9.17, 15) is 14.1 Å². The van der Waals surface area contributed by atoms with Crippen molar-refractivity contribution in [3.05, 3.63) is 46.4 Å². The van der Waals surface area contributed by atoms with E-state index in [1.54, 1.807) is 24.3 Å². The Bertz CT molecular complexity index is 730. The van der Waals surface area contributed by atoms with Crippen molar-refractivity contribution in [2.75, 3.05) is 10.0 Å². The molecule has 9 heteroatoms. The van der Waals surface area contributed by atoms with Gasteiger partial charge in [0.15, 0.2) is 5.75 Å². The lowest BCUT2D eigenvalue weighted by atomic mass is 10.3. The Morgan fingerprint density at radius 1 is 1.13 bits per heavy atom. The van der Waals surface area contributed by atoms with Crippen LogP contribution in [-0.2, 0) is 16.1 Å². The van der Waals surface area contributed by atoms with Gasteiger partial charge in [0.05, 0.1) is 15.7 Å². The molecule has 3 N–H and O–H groups in total. The minimum absolute atomic E-state index is 0.0247. The van der Waals surface area contributed by atoms with Gasteiger partial charge in [0.1, 0.15) is 5.75 Å². The third-order valence-corrected chi connectivity index (χ3v) is 3.89. The second-order valence-electron chi connectivity index (χ2n) is 4.41. The lowest BCUT2D eigenvalue weighted by Crippen LogP contribution is -2.11. The summed E-state index contributed by atoms with van der Waals surface area (Å²) in [5, 5.41) is 12.1. The predicted octanol–water partition coefficient (Wildman–Crippen LogP) is 3.73. The van der Waals surface area contributed by atoms with Crippen LogP contribution in [0.5, 0.6) is 11.5 Å². The molecule has 0 heterocycles. The molecule has 0 fully saturated rings.